The van der Waals surface area contributed by atoms with E-state index >= 15 is 0 Å². The van der Waals surface area contributed by atoms with Crippen molar-refractivity contribution in [1.29, 1.82) is 0 Å². The molecule has 1 N–H and O–H groups in total. The third-order valence-electron chi connectivity index (χ3n) is 2.22. The van der Waals surface area contributed by atoms with E-state index in [9.17, 15) is 5.11 Å². The van der Waals surface area contributed by atoms with Crippen molar-refractivity contribution in [1.82, 2.24) is 0 Å². The number of aliphatic hydroxyl groups excluding tert-OH is 1. The smallest absolute Gasteiger partial charge is 0.0801 e. The highest BCUT2D eigenvalue weighted by atomic mass is 16.3. The Labute approximate surface area is 74.8 Å². The van der Waals surface area contributed by atoms with E-state index in [4.69, 9.17) is 0 Å². The molecule has 0 heterocycles. The van der Waals surface area contributed by atoms with Gasteiger partial charge in [-0.1, -0.05) is 39.0 Å². The first-order valence-corrected chi connectivity index (χ1v) is 4.55. The molecule has 0 aromatic carbocycles. The maximum Gasteiger partial charge on any atom is 0.0801 e. The Morgan fingerprint density at radius 2 is 2.08 bits per heavy atom. The van der Waals surface area contributed by atoms with E-state index < -0.39 is 0 Å². The first-order valence-electron chi connectivity index (χ1n) is 4.55. The molecular formula is C11H18O. The van der Waals surface area contributed by atoms with Crippen LogP contribution < -0.4 is 0 Å². The minimum absolute atomic E-state index is 0.0307. The van der Waals surface area contributed by atoms with Crippen LogP contribution >= 0.6 is 0 Å². The minimum atomic E-state index is -0.289. The molecule has 0 aromatic heterocycles. The van der Waals surface area contributed by atoms with E-state index in [0.29, 0.717) is 0 Å². The Bertz CT molecular complexity index is 206. The normalized spacial score (nSPS) is 20.5. The van der Waals surface area contributed by atoms with Gasteiger partial charge in [0.2, 0.25) is 0 Å². The number of hydrogen-bond donors (Lipinski definition) is 1. The van der Waals surface area contributed by atoms with Crippen LogP contribution in [0, 0.1) is 5.41 Å². The van der Waals surface area contributed by atoms with Gasteiger partial charge < -0.3 is 5.11 Å². The van der Waals surface area contributed by atoms with Gasteiger partial charge in [-0.25, -0.2) is 0 Å². The Hall–Kier alpha value is -0.560. The van der Waals surface area contributed by atoms with Gasteiger partial charge in [0.15, 0.2) is 0 Å². The van der Waals surface area contributed by atoms with Crippen molar-refractivity contribution in [3.63, 3.8) is 0 Å². The van der Waals surface area contributed by atoms with Gasteiger partial charge in [0.1, 0.15) is 0 Å². The Balaban J connectivity index is 2.69. The molecule has 1 aliphatic carbocycles. The summed E-state index contributed by atoms with van der Waals surface area (Å²) < 4.78 is 0. The summed E-state index contributed by atoms with van der Waals surface area (Å²) in [4.78, 5) is 0. The summed E-state index contributed by atoms with van der Waals surface area (Å²) in [5.74, 6) is 0. The maximum absolute atomic E-state index is 9.91. The lowest BCUT2D eigenvalue weighted by molar-refractivity contribution is 0.0917. The average molecular weight is 166 g/mol. The van der Waals surface area contributed by atoms with Crippen LogP contribution in [-0.4, -0.2) is 11.2 Å². The summed E-state index contributed by atoms with van der Waals surface area (Å²) in [6.07, 6.45) is 8.00. The number of rotatable bonds is 1. The number of allylic oxidation sites excluding steroid dienone is 3. The van der Waals surface area contributed by atoms with Crippen LogP contribution in [0.3, 0.4) is 0 Å². The molecule has 1 atom stereocenters. The van der Waals surface area contributed by atoms with Crippen LogP contribution in [0.2, 0.25) is 0 Å². The number of aliphatic hydroxyl groups is 1. The lowest BCUT2D eigenvalue weighted by Gasteiger charge is -2.28. The zero-order chi connectivity index (χ0) is 9.19. The van der Waals surface area contributed by atoms with E-state index in [1.54, 1.807) is 0 Å². The first-order chi connectivity index (χ1) is 5.52. The van der Waals surface area contributed by atoms with Crippen molar-refractivity contribution in [2.45, 2.75) is 39.7 Å². The van der Waals surface area contributed by atoms with Crippen LogP contribution in [0.1, 0.15) is 33.6 Å². The molecule has 0 radical (unpaired) electrons. The lowest BCUT2D eigenvalue weighted by atomic mass is 9.82. The van der Waals surface area contributed by atoms with Crippen molar-refractivity contribution in [3.05, 3.63) is 23.8 Å². The molecule has 0 fully saturated rings. The molecule has 1 heteroatoms. The van der Waals surface area contributed by atoms with E-state index in [-0.39, 0.29) is 11.5 Å². The molecule has 0 bridgehead atoms. The molecule has 1 rings (SSSR count). The highest BCUT2D eigenvalue weighted by Crippen LogP contribution is 2.28. The van der Waals surface area contributed by atoms with Crippen molar-refractivity contribution in [2.75, 3.05) is 0 Å². The van der Waals surface area contributed by atoms with E-state index in [0.717, 1.165) is 12.8 Å². The van der Waals surface area contributed by atoms with Crippen molar-refractivity contribution >= 4 is 0 Å². The first kappa shape index (κ1) is 9.53. The second kappa shape index (κ2) is 3.44. The highest BCUT2D eigenvalue weighted by molar-refractivity contribution is 5.22. The second-order valence-electron chi connectivity index (χ2n) is 4.48. The van der Waals surface area contributed by atoms with Crippen molar-refractivity contribution in [2.24, 2.45) is 5.41 Å². The van der Waals surface area contributed by atoms with E-state index in [1.165, 1.54) is 5.57 Å². The lowest BCUT2D eigenvalue weighted by Crippen LogP contribution is -2.28. The zero-order valence-electron chi connectivity index (χ0n) is 8.17. The quantitative estimate of drug-likeness (QED) is 0.635. The molecule has 0 spiro atoms. The predicted molar refractivity (Wildman–Crippen MR) is 51.9 cm³/mol. The standard InChI is InChI=1S/C11H18O/c1-11(2,3)10(12)9-7-5-4-6-8-9/h4-5,7,10,12H,6,8H2,1-3H3. The summed E-state index contributed by atoms with van der Waals surface area (Å²) in [6, 6.07) is 0. The molecule has 1 unspecified atom stereocenters. The van der Waals surface area contributed by atoms with Gasteiger partial charge in [-0.05, 0) is 23.8 Å². The number of hydrogen-bond acceptors (Lipinski definition) is 1. The monoisotopic (exact) mass is 166 g/mol. The summed E-state index contributed by atoms with van der Waals surface area (Å²) >= 11 is 0. The van der Waals surface area contributed by atoms with Gasteiger partial charge in [-0.3, -0.25) is 0 Å². The average Bonchev–Trinajstić information content (AvgIpc) is 2.03. The molecule has 12 heavy (non-hydrogen) atoms. The van der Waals surface area contributed by atoms with Gasteiger partial charge in [-0.2, -0.15) is 0 Å². The fraction of sp³-hybridized carbons (Fsp3) is 0.636. The highest BCUT2D eigenvalue weighted by Gasteiger charge is 2.25. The SMILES string of the molecule is CC(C)(C)C(O)C1=CC=CCC1. The van der Waals surface area contributed by atoms with Crippen LogP contribution in [0.4, 0.5) is 0 Å². The minimum Gasteiger partial charge on any atom is -0.388 e. The third kappa shape index (κ3) is 2.21. The van der Waals surface area contributed by atoms with Gasteiger partial charge in [0.25, 0.3) is 0 Å². The topological polar surface area (TPSA) is 20.2 Å². The van der Waals surface area contributed by atoms with Gasteiger partial charge in [0, 0.05) is 0 Å². The fourth-order valence-electron chi connectivity index (χ4n) is 1.41. The molecule has 1 nitrogen and oxygen atoms in total. The molecule has 0 aliphatic heterocycles. The Morgan fingerprint density at radius 3 is 2.50 bits per heavy atom. The van der Waals surface area contributed by atoms with Gasteiger partial charge in [0.05, 0.1) is 6.10 Å². The molecular weight excluding hydrogens is 148 g/mol. The molecule has 0 saturated carbocycles. The fourth-order valence-corrected chi connectivity index (χ4v) is 1.41. The molecule has 1 aliphatic rings. The van der Waals surface area contributed by atoms with E-state index in [2.05, 4.69) is 26.8 Å². The molecule has 0 amide bonds. The molecule has 0 aromatic rings. The maximum atomic E-state index is 9.91. The van der Waals surface area contributed by atoms with Crippen molar-refractivity contribution in [3.8, 4) is 0 Å². The molecule has 0 saturated heterocycles. The second-order valence-corrected chi connectivity index (χ2v) is 4.48. The van der Waals surface area contributed by atoms with Crippen LogP contribution in [0.5, 0.6) is 0 Å². The van der Waals surface area contributed by atoms with Crippen molar-refractivity contribution < 1.29 is 5.11 Å². The molecule has 68 valence electrons. The summed E-state index contributed by atoms with van der Waals surface area (Å²) in [7, 11) is 0. The summed E-state index contributed by atoms with van der Waals surface area (Å²) in [6.45, 7) is 6.20. The largest absolute Gasteiger partial charge is 0.388 e. The zero-order valence-corrected chi connectivity index (χ0v) is 8.17. The van der Waals surface area contributed by atoms with Crippen LogP contribution in [-0.2, 0) is 0 Å². The predicted octanol–water partition coefficient (Wildman–Crippen LogP) is 2.67. The van der Waals surface area contributed by atoms with Gasteiger partial charge in [-0.15, -0.1) is 0 Å². The Morgan fingerprint density at radius 1 is 1.42 bits per heavy atom. The van der Waals surface area contributed by atoms with Crippen LogP contribution in [0.25, 0.3) is 0 Å². The van der Waals surface area contributed by atoms with E-state index in [1.807, 2.05) is 12.2 Å². The van der Waals surface area contributed by atoms with Crippen LogP contribution in [0.15, 0.2) is 23.8 Å². The Kier molecular flexibility index (Phi) is 2.73. The summed E-state index contributed by atoms with van der Waals surface area (Å²) in [5.41, 5.74) is 1.14. The van der Waals surface area contributed by atoms with Gasteiger partial charge >= 0.3 is 0 Å². The summed E-state index contributed by atoms with van der Waals surface area (Å²) in [5, 5.41) is 9.91. The third-order valence-corrected chi connectivity index (χ3v) is 2.22.